The van der Waals surface area contributed by atoms with Gasteiger partial charge in [0.1, 0.15) is 6.04 Å². The minimum absolute atomic E-state index is 0.0351. The van der Waals surface area contributed by atoms with E-state index in [1.165, 1.54) is 4.88 Å². The number of nitrogens with one attached hydrogen (secondary N) is 2. The first kappa shape index (κ1) is 11.1. The second-order valence-electron chi connectivity index (χ2n) is 3.89. The summed E-state index contributed by atoms with van der Waals surface area (Å²) in [6, 6.07) is 3.70. The van der Waals surface area contributed by atoms with E-state index in [2.05, 4.69) is 10.6 Å². The molecular weight excluding hydrogens is 224 g/mol. The molecule has 0 saturated carbocycles. The lowest BCUT2D eigenvalue weighted by Crippen LogP contribution is -2.41. The maximum atomic E-state index is 11.6. The Hall–Kier alpha value is -1.36. The minimum Gasteiger partial charge on any atom is -0.349 e. The van der Waals surface area contributed by atoms with Gasteiger partial charge in [0.15, 0.2) is 0 Å². The summed E-state index contributed by atoms with van der Waals surface area (Å²) < 4.78 is 0. The van der Waals surface area contributed by atoms with E-state index >= 15 is 0 Å². The molecule has 1 atom stereocenters. The van der Waals surface area contributed by atoms with Crippen LogP contribution in [0.5, 0.6) is 0 Å². The van der Waals surface area contributed by atoms with E-state index < -0.39 is 0 Å². The Balaban J connectivity index is 1.82. The normalized spacial score (nSPS) is 19.6. The summed E-state index contributed by atoms with van der Waals surface area (Å²) in [4.78, 5) is 25.0. The molecule has 1 fully saturated rings. The average molecular weight is 238 g/mol. The Labute approximate surface area is 98.0 Å². The molecule has 0 aromatic carbocycles. The lowest BCUT2D eigenvalue weighted by molar-refractivity contribution is -0.125. The van der Waals surface area contributed by atoms with Gasteiger partial charge in [-0.3, -0.25) is 9.59 Å². The van der Waals surface area contributed by atoms with Crippen molar-refractivity contribution in [1.29, 1.82) is 0 Å². The Bertz CT molecular complexity index is 414. The van der Waals surface area contributed by atoms with Crippen LogP contribution in [0.25, 0.3) is 0 Å². The van der Waals surface area contributed by atoms with Gasteiger partial charge in [0.2, 0.25) is 11.8 Å². The average Bonchev–Trinajstić information content (AvgIpc) is 2.84. The van der Waals surface area contributed by atoms with Crippen molar-refractivity contribution in [3.05, 3.63) is 21.9 Å². The van der Waals surface area contributed by atoms with Crippen molar-refractivity contribution >= 4 is 23.2 Å². The predicted molar refractivity (Wildman–Crippen MR) is 62.1 cm³/mol. The maximum Gasteiger partial charge on any atom is 0.242 e. The zero-order valence-corrected chi connectivity index (χ0v) is 9.89. The Morgan fingerprint density at radius 1 is 1.62 bits per heavy atom. The number of carbonyl (C=O) groups excluding carboxylic acids is 2. The van der Waals surface area contributed by atoms with Gasteiger partial charge in [-0.15, -0.1) is 11.3 Å². The molecule has 1 unspecified atom stereocenters. The van der Waals surface area contributed by atoms with Gasteiger partial charge in [0.25, 0.3) is 0 Å². The standard InChI is InChI=1S/C11H14N2O2S/c1-7-2-3-8(16-7)6-12-11(15)9-4-5-10(14)13-9/h2-3,9H,4-6H2,1H3,(H,12,15)(H,13,14). The smallest absolute Gasteiger partial charge is 0.242 e. The molecule has 2 N–H and O–H groups in total. The number of carbonyl (C=O) groups is 2. The summed E-state index contributed by atoms with van der Waals surface area (Å²) in [5.41, 5.74) is 0. The molecular formula is C11H14N2O2S. The molecule has 1 saturated heterocycles. The monoisotopic (exact) mass is 238 g/mol. The van der Waals surface area contributed by atoms with E-state index in [0.717, 1.165) is 4.88 Å². The number of hydrogen-bond donors (Lipinski definition) is 2. The van der Waals surface area contributed by atoms with Gasteiger partial charge in [-0.25, -0.2) is 0 Å². The molecule has 2 amide bonds. The summed E-state index contributed by atoms with van der Waals surface area (Å²) in [5.74, 6) is -0.121. The highest BCUT2D eigenvalue weighted by atomic mass is 32.1. The molecule has 1 aliphatic rings. The molecule has 1 aromatic rings. The van der Waals surface area contributed by atoms with Crippen LogP contribution in [0.15, 0.2) is 12.1 Å². The molecule has 5 heteroatoms. The van der Waals surface area contributed by atoms with Crippen LogP contribution in [-0.4, -0.2) is 17.9 Å². The largest absolute Gasteiger partial charge is 0.349 e. The zero-order valence-electron chi connectivity index (χ0n) is 9.08. The van der Waals surface area contributed by atoms with E-state index in [-0.39, 0.29) is 17.9 Å². The summed E-state index contributed by atoms with van der Waals surface area (Å²) in [7, 11) is 0. The van der Waals surface area contributed by atoms with Crippen molar-refractivity contribution in [2.24, 2.45) is 0 Å². The third-order valence-electron chi connectivity index (χ3n) is 2.54. The van der Waals surface area contributed by atoms with Crippen LogP contribution in [0.4, 0.5) is 0 Å². The van der Waals surface area contributed by atoms with Gasteiger partial charge in [-0.1, -0.05) is 0 Å². The van der Waals surface area contributed by atoms with Crippen LogP contribution >= 0.6 is 11.3 Å². The molecule has 0 spiro atoms. The van der Waals surface area contributed by atoms with E-state index in [1.807, 2.05) is 19.1 Å². The first-order valence-corrected chi connectivity index (χ1v) is 6.09. The fraction of sp³-hybridized carbons (Fsp3) is 0.455. The first-order chi connectivity index (χ1) is 7.65. The van der Waals surface area contributed by atoms with E-state index in [9.17, 15) is 9.59 Å². The quantitative estimate of drug-likeness (QED) is 0.823. The molecule has 2 heterocycles. The summed E-state index contributed by atoms with van der Waals surface area (Å²) in [6.45, 7) is 2.58. The topological polar surface area (TPSA) is 58.2 Å². The third kappa shape index (κ3) is 2.61. The highest BCUT2D eigenvalue weighted by molar-refractivity contribution is 7.11. The fourth-order valence-corrected chi connectivity index (χ4v) is 2.52. The Morgan fingerprint density at radius 2 is 2.44 bits per heavy atom. The highest BCUT2D eigenvalue weighted by Gasteiger charge is 2.26. The van der Waals surface area contributed by atoms with Gasteiger partial charge in [0, 0.05) is 16.2 Å². The van der Waals surface area contributed by atoms with Gasteiger partial charge in [-0.2, -0.15) is 0 Å². The zero-order chi connectivity index (χ0) is 11.5. The van der Waals surface area contributed by atoms with Crippen molar-refractivity contribution in [3.8, 4) is 0 Å². The molecule has 4 nitrogen and oxygen atoms in total. The van der Waals surface area contributed by atoms with Gasteiger partial charge >= 0.3 is 0 Å². The number of thiophene rings is 1. The van der Waals surface area contributed by atoms with Crippen molar-refractivity contribution in [3.63, 3.8) is 0 Å². The molecule has 1 aliphatic heterocycles. The molecule has 0 bridgehead atoms. The van der Waals surface area contributed by atoms with E-state index in [1.54, 1.807) is 11.3 Å². The van der Waals surface area contributed by atoms with Crippen LogP contribution in [0.1, 0.15) is 22.6 Å². The summed E-state index contributed by atoms with van der Waals surface area (Å²) in [6.07, 6.45) is 1.06. The number of hydrogen-bond acceptors (Lipinski definition) is 3. The van der Waals surface area contributed by atoms with E-state index in [0.29, 0.717) is 19.4 Å². The lowest BCUT2D eigenvalue weighted by atomic mass is 10.2. The van der Waals surface area contributed by atoms with Crippen molar-refractivity contribution < 1.29 is 9.59 Å². The Kier molecular flexibility index (Phi) is 3.24. The molecule has 16 heavy (non-hydrogen) atoms. The van der Waals surface area contributed by atoms with Crippen LogP contribution in [-0.2, 0) is 16.1 Å². The van der Waals surface area contributed by atoms with Gasteiger partial charge in [-0.05, 0) is 25.5 Å². The van der Waals surface area contributed by atoms with Gasteiger partial charge in [0.05, 0.1) is 6.54 Å². The summed E-state index contributed by atoms with van der Waals surface area (Å²) in [5, 5.41) is 5.48. The third-order valence-corrected chi connectivity index (χ3v) is 3.55. The van der Waals surface area contributed by atoms with Crippen molar-refractivity contribution in [1.82, 2.24) is 10.6 Å². The number of rotatable bonds is 3. The fourth-order valence-electron chi connectivity index (χ4n) is 1.69. The Morgan fingerprint density at radius 3 is 3.00 bits per heavy atom. The number of aryl methyl sites for hydroxylation is 1. The second-order valence-corrected chi connectivity index (χ2v) is 5.26. The molecule has 2 rings (SSSR count). The second kappa shape index (κ2) is 4.65. The SMILES string of the molecule is Cc1ccc(CNC(=O)C2CCC(=O)N2)s1. The molecule has 0 radical (unpaired) electrons. The molecule has 1 aromatic heterocycles. The minimum atomic E-state index is -0.339. The van der Waals surface area contributed by atoms with Crippen LogP contribution in [0.2, 0.25) is 0 Å². The highest BCUT2D eigenvalue weighted by Crippen LogP contribution is 2.14. The van der Waals surface area contributed by atoms with E-state index in [4.69, 9.17) is 0 Å². The number of amides is 2. The first-order valence-electron chi connectivity index (χ1n) is 5.27. The lowest BCUT2D eigenvalue weighted by Gasteiger charge is -2.09. The van der Waals surface area contributed by atoms with Crippen LogP contribution < -0.4 is 10.6 Å². The van der Waals surface area contributed by atoms with Crippen LogP contribution in [0.3, 0.4) is 0 Å². The molecule has 0 aliphatic carbocycles. The van der Waals surface area contributed by atoms with Crippen molar-refractivity contribution in [2.75, 3.05) is 0 Å². The van der Waals surface area contributed by atoms with Gasteiger partial charge < -0.3 is 10.6 Å². The van der Waals surface area contributed by atoms with Crippen molar-refractivity contribution in [2.45, 2.75) is 32.4 Å². The van der Waals surface area contributed by atoms with Crippen LogP contribution in [0, 0.1) is 6.92 Å². The predicted octanol–water partition coefficient (Wildman–Crippen LogP) is 0.951. The summed E-state index contributed by atoms with van der Waals surface area (Å²) >= 11 is 1.67. The molecule has 86 valence electrons. The maximum absolute atomic E-state index is 11.6.